The second-order valence-electron chi connectivity index (χ2n) is 6.56. The third-order valence-electron chi connectivity index (χ3n) is 4.65. The fourth-order valence-electron chi connectivity index (χ4n) is 3.08. The predicted molar refractivity (Wildman–Crippen MR) is 104 cm³/mol. The SMILES string of the molecule is CCOc1ccncc1-c1cc2cc(NC(=O)C3CC3C#N)ncc2c(N)n1. The maximum Gasteiger partial charge on any atom is 0.230 e. The summed E-state index contributed by atoms with van der Waals surface area (Å²) in [6.45, 7) is 2.43. The van der Waals surface area contributed by atoms with Crippen molar-refractivity contribution in [3.05, 3.63) is 36.8 Å². The van der Waals surface area contributed by atoms with E-state index in [0.717, 1.165) is 10.9 Å². The summed E-state index contributed by atoms with van der Waals surface area (Å²) in [6.07, 6.45) is 5.51. The van der Waals surface area contributed by atoms with Crippen LogP contribution in [0.4, 0.5) is 11.6 Å². The molecule has 140 valence electrons. The molecule has 0 radical (unpaired) electrons. The molecule has 2 unspecified atom stereocenters. The molecule has 3 heterocycles. The molecule has 2 atom stereocenters. The van der Waals surface area contributed by atoms with Gasteiger partial charge in [0, 0.05) is 24.0 Å². The zero-order valence-electron chi connectivity index (χ0n) is 15.2. The number of nitrogens with zero attached hydrogens (tertiary/aromatic N) is 4. The zero-order chi connectivity index (χ0) is 19.7. The maximum atomic E-state index is 12.2. The normalized spacial score (nSPS) is 17.7. The Hall–Kier alpha value is -3.73. The lowest BCUT2D eigenvalue weighted by Gasteiger charge is -2.11. The van der Waals surface area contributed by atoms with Gasteiger partial charge in [-0.2, -0.15) is 5.26 Å². The van der Waals surface area contributed by atoms with Crippen LogP contribution in [0, 0.1) is 23.2 Å². The van der Waals surface area contributed by atoms with Gasteiger partial charge < -0.3 is 15.8 Å². The first-order chi connectivity index (χ1) is 13.6. The number of aromatic nitrogens is 3. The Morgan fingerprint density at radius 2 is 2.29 bits per heavy atom. The lowest BCUT2D eigenvalue weighted by atomic mass is 10.1. The highest BCUT2D eigenvalue weighted by molar-refractivity contribution is 5.98. The first kappa shape index (κ1) is 17.7. The van der Waals surface area contributed by atoms with Crippen molar-refractivity contribution in [2.24, 2.45) is 11.8 Å². The fourth-order valence-corrected chi connectivity index (χ4v) is 3.08. The second kappa shape index (κ2) is 7.12. The molecule has 28 heavy (non-hydrogen) atoms. The van der Waals surface area contributed by atoms with E-state index in [2.05, 4.69) is 26.3 Å². The molecular weight excluding hydrogens is 356 g/mol. The molecule has 4 rings (SSSR count). The van der Waals surface area contributed by atoms with Crippen LogP contribution in [0.2, 0.25) is 0 Å². The van der Waals surface area contributed by atoms with Gasteiger partial charge in [0.15, 0.2) is 0 Å². The molecule has 1 aliphatic carbocycles. The van der Waals surface area contributed by atoms with Crippen LogP contribution in [0.5, 0.6) is 5.75 Å². The van der Waals surface area contributed by atoms with Crippen molar-refractivity contribution in [3.8, 4) is 23.1 Å². The van der Waals surface area contributed by atoms with Crippen LogP contribution in [-0.4, -0.2) is 27.5 Å². The van der Waals surface area contributed by atoms with Crippen molar-refractivity contribution in [1.82, 2.24) is 15.0 Å². The first-order valence-electron chi connectivity index (χ1n) is 8.94. The molecule has 1 saturated carbocycles. The van der Waals surface area contributed by atoms with Gasteiger partial charge in [-0.3, -0.25) is 9.78 Å². The van der Waals surface area contributed by atoms with Crippen LogP contribution in [0.3, 0.4) is 0 Å². The van der Waals surface area contributed by atoms with Crippen LogP contribution < -0.4 is 15.8 Å². The van der Waals surface area contributed by atoms with Gasteiger partial charge in [-0.1, -0.05) is 0 Å². The van der Waals surface area contributed by atoms with E-state index in [1.54, 1.807) is 30.7 Å². The topological polar surface area (TPSA) is 127 Å². The van der Waals surface area contributed by atoms with Crippen molar-refractivity contribution >= 4 is 28.3 Å². The molecule has 0 aromatic carbocycles. The first-order valence-corrected chi connectivity index (χ1v) is 8.94. The molecule has 0 saturated heterocycles. The van der Waals surface area contributed by atoms with Crippen molar-refractivity contribution in [2.45, 2.75) is 13.3 Å². The number of amides is 1. The minimum Gasteiger partial charge on any atom is -0.493 e. The highest BCUT2D eigenvalue weighted by atomic mass is 16.5. The highest BCUT2D eigenvalue weighted by Gasteiger charge is 2.43. The van der Waals surface area contributed by atoms with Gasteiger partial charge >= 0.3 is 0 Å². The molecule has 1 fully saturated rings. The number of nitrogens with one attached hydrogen (secondary N) is 1. The summed E-state index contributed by atoms with van der Waals surface area (Å²) in [5, 5.41) is 13.1. The third-order valence-corrected chi connectivity index (χ3v) is 4.65. The summed E-state index contributed by atoms with van der Waals surface area (Å²) in [5.74, 6) is 0.762. The second-order valence-corrected chi connectivity index (χ2v) is 6.56. The number of hydrogen-bond donors (Lipinski definition) is 2. The number of pyridine rings is 3. The highest BCUT2D eigenvalue weighted by Crippen LogP contribution is 2.38. The van der Waals surface area contributed by atoms with Gasteiger partial charge in [-0.05, 0) is 36.9 Å². The zero-order valence-corrected chi connectivity index (χ0v) is 15.2. The van der Waals surface area contributed by atoms with Crippen molar-refractivity contribution in [2.75, 3.05) is 17.7 Å². The molecular formula is C20H18N6O2. The van der Waals surface area contributed by atoms with E-state index in [-0.39, 0.29) is 17.7 Å². The number of nitrogen functional groups attached to an aromatic ring is 1. The number of ether oxygens (including phenoxy) is 1. The lowest BCUT2D eigenvalue weighted by Crippen LogP contribution is -2.15. The Balaban J connectivity index is 1.69. The minimum absolute atomic E-state index is 0.188. The number of carbonyl (C=O) groups excluding carboxylic acids is 1. The monoisotopic (exact) mass is 374 g/mol. The van der Waals surface area contributed by atoms with E-state index in [1.165, 1.54) is 0 Å². The van der Waals surface area contributed by atoms with Crippen molar-refractivity contribution in [1.29, 1.82) is 5.26 Å². The quantitative estimate of drug-likeness (QED) is 0.703. The van der Waals surface area contributed by atoms with Gasteiger partial charge in [0.25, 0.3) is 0 Å². The molecule has 0 bridgehead atoms. The number of nitriles is 1. The number of hydrogen-bond acceptors (Lipinski definition) is 7. The average molecular weight is 374 g/mol. The summed E-state index contributed by atoms with van der Waals surface area (Å²) in [7, 11) is 0. The minimum atomic E-state index is -0.260. The van der Waals surface area contributed by atoms with Gasteiger partial charge in [0.1, 0.15) is 17.4 Å². The van der Waals surface area contributed by atoms with Gasteiger partial charge in [0.05, 0.1) is 35.8 Å². The van der Waals surface area contributed by atoms with E-state index in [0.29, 0.717) is 41.5 Å². The Kier molecular flexibility index (Phi) is 4.49. The summed E-state index contributed by atoms with van der Waals surface area (Å²) in [6, 6.07) is 7.49. The summed E-state index contributed by atoms with van der Waals surface area (Å²) in [5.41, 5.74) is 7.48. The number of carbonyl (C=O) groups is 1. The summed E-state index contributed by atoms with van der Waals surface area (Å²) >= 11 is 0. The molecule has 0 aliphatic heterocycles. The fraction of sp³-hybridized carbons (Fsp3) is 0.250. The Bertz CT molecular complexity index is 1110. The Labute approximate surface area is 161 Å². The van der Waals surface area contributed by atoms with Crippen LogP contribution in [0.25, 0.3) is 22.0 Å². The molecule has 3 N–H and O–H groups in total. The number of anilines is 2. The van der Waals surface area contributed by atoms with Crippen LogP contribution in [-0.2, 0) is 4.79 Å². The molecule has 8 nitrogen and oxygen atoms in total. The predicted octanol–water partition coefficient (Wildman–Crippen LogP) is 2.77. The molecule has 0 spiro atoms. The maximum absolute atomic E-state index is 12.2. The van der Waals surface area contributed by atoms with E-state index in [9.17, 15) is 4.79 Å². The van der Waals surface area contributed by atoms with E-state index in [1.807, 2.05) is 13.0 Å². The molecule has 1 aliphatic rings. The average Bonchev–Trinajstić information content (AvgIpc) is 3.48. The third kappa shape index (κ3) is 3.30. The Morgan fingerprint density at radius 3 is 3.04 bits per heavy atom. The van der Waals surface area contributed by atoms with Crippen molar-refractivity contribution in [3.63, 3.8) is 0 Å². The molecule has 3 aromatic heterocycles. The van der Waals surface area contributed by atoms with E-state index < -0.39 is 0 Å². The molecule has 8 heteroatoms. The van der Waals surface area contributed by atoms with Crippen LogP contribution in [0.1, 0.15) is 13.3 Å². The summed E-state index contributed by atoms with van der Waals surface area (Å²) < 4.78 is 5.66. The number of rotatable bonds is 5. The van der Waals surface area contributed by atoms with E-state index >= 15 is 0 Å². The number of fused-ring (bicyclic) bond motifs is 1. The van der Waals surface area contributed by atoms with Gasteiger partial charge in [-0.25, -0.2) is 9.97 Å². The summed E-state index contributed by atoms with van der Waals surface area (Å²) in [4.78, 5) is 25.0. The van der Waals surface area contributed by atoms with Crippen LogP contribution in [0.15, 0.2) is 36.8 Å². The lowest BCUT2D eigenvalue weighted by molar-refractivity contribution is -0.117. The molecule has 3 aromatic rings. The number of nitrogens with two attached hydrogens (primary N) is 1. The van der Waals surface area contributed by atoms with Gasteiger partial charge in [-0.15, -0.1) is 0 Å². The van der Waals surface area contributed by atoms with E-state index in [4.69, 9.17) is 15.7 Å². The van der Waals surface area contributed by atoms with Gasteiger partial charge in [0.2, 0.25) is 5.91 Å². The smallest absolute Gasteiger partial charge is 0.230 e. The molecule has 1 amide bonds. The largest absolute Gasteiger partial charge is 0.493 e. The van der Waals surface area contributed by atoms with Crippen LogP contribution >= 0.6 is 0 Å². The standard InChI is InChI=1S/C20H18N6O2/c1-2-28-17-3-4-23-9-15(17)16-6-11-7-18(24-10-14(11)19(22)25-16)26-20(27)13-5-12(13)8-21/h3-4,6-7,9-10,12-13H,2,5H2,1H3,(H2,22,25)(H,24,26,27). The Morgan fingerprint density at radius 1 is 1.43 bits per heavy atom. The van der Waals surface area contributed by atoms with Crippen molar-refractivity contribution < 1.29 is 9.53 Å².